The molecular weight excluding hydrogens is 150 g/mol. The summed E-state index contributed by atoms with van der Waals surface area (Å²) in [5.74, 6) is 0.719. The van der Waals surface area contributed by atoms with Crippen LogP contribution >= 0.6 is 0 Å². The summed E-state index contributed by atoms with van der Waals surface area (Å²) in [5, 5.41) is 3.32. The van der Waals surface area contributed by atoms with Crippen molar-refractivity contribution in [1.29, 1.82) is 0 Å². The lowest BCUT2D eigenvalue weighted by atomic mass is 10.1. The van der Waals surface area contributed by atoms with E-state index < -0.39 is 0 Å². The minimum Gasteiger partial charge on any atom is -0.384 e. The minimum atomic E-state index is 0.719. The maximum absolute atomic E-state index is 5.07. The van der Waals surface area contributed by atoms with E-state index in [-0.39, 0.29) is 0 Å². The first-order valence-electron chi connectivity index (χ1n) is 5.00. The quantitative estimate of drug-likeness (QED) is 0.567. The molecular formula is C10H23NO. The summed E-state index contributed by atoms with van der Waals surface area (Å²) in [6, 6.07) is 0. The molecule has 0 aliphatic carbocycles. The Hall–Kier alpha value is -0.0800. The molecule has 12 heavy (non-hydrogen) atoms. The molecule has 2 heteroatoms. The third kappa shape index (κ3) is 8.02. The van der Waals surface area contributed by atoms with Gasteiger partial charge in [0.25, 0.3) is 0 Å². The molecule has 0 aromatic heterocycles. The van der Waals surface area contributed by atoms with Gasteiger partial charge in [0.15, 0.2) is 0 Å². The number of hydrogen-bond donors (Lipinski definition) is 1. The lowest BCUT2D eigenvalue weighted by molar-refractivity contribution is 0.154. The van der Waals surface area contributed by atoms with Crippen molar-refractivity contribution in [2.75, 3.05) is 26.8 Å². The highest BCUT2D eigenvalue weighted by molar-refractivity contribution is 4.53. The fourth-order valence-corrected chi connectivity index (χ4v) is 1.29. The fourth-order valence-electron chi connectivity index (χ4n) is 1.29. The molecule has 1 atom stereocenters. The molecule has 0 aromatic rings. The SMILES string of the molecule is CCNCCCCC(C)COC. The Bertz CT molecular complexity index is 85.9. The van der Waals surface area contributed by atoms with E-state index in [2.05, 4.69) is 19.2 Å². The van der Waals surface area contributed by atoms with E-state index in [1.54, 1.807) is 7.11 Å². The monoisotopic (exact) mass is 173 g/mol. The molecule has 74 valence electrons. The van der Waals surface area contributed by atoms with Crippen molar-refractivity contribution in [3.05, 3.63) is 0 Å². The summed E-state index contributed by atoms with van der Waals surface area (Å²) in [4.78, 5) is 0. The first kappa shape index (κ1) is 11.9. The molecule has 0 saturated carbocycles. The summed E-state index contributed by atoms with van der Waals surface area (Å²) in [6.45, 7) is 7.55. The second kappa shape index (κ2) is 9.01. The number of methoxy groups -OCH3 is 1. The van der Waals surface area contributed by atoms with Gasteiger partial charge in [-0.2, -0.15) is 0 Å². The smallest absolute Gasteiger partial charge is 0.0487 e. The highest BCUT2D eigenvalue weighted by Crippen LogP contribution is 2.06. The second-order valence-corrected chi connectivity index (χ2v) is 3.41. The van der Waals surface area contributed by atoms with Crippen molar-refractivity contribution in [3.8, 4) is 0 Å². The molecule has 0 spiro atoms. The van der Waals surface area contributed by atoms with Crippen molar-refractivity contribution >= 4 is 0 Å². The van der Waals surface area contributed by atoms with Crippen LogP contribution in [0.15, 0.2) is 0 Å². The van der Waals surface area contributed by atoms with Crippen LogP contribution in [-0.4, -0.2) is 26.8 Å². The molecule has 0 rings (SSSR count). The van der Waals surface area contributed by atoms with Gasteiger partial charge in [-0.05, 0) is 31.8 Å². The van der Waals surface area contributed by atoms with Gasteiger partial charge in [-0.15, -0.1) is 0 Å². The topological polar surface area (TPSA) is 21.3 Å². The molecule has 0 aliphatic rings. The number of ether oxygens (including phenoxy) is 1. The summed E-state index contributed by atoms with van der Waals surface area (Å²) in [7, 11) is 1.77. The van der Waals surface area contributed by atoms with Crippen LogP contribution in [0.4, 0.5) is 0 Å². The Balaban J connectivity index is 2.97. The van der Waals surface area contributed by atoms with Crippen LogP contribution < -0.4 is 5.32 Å². The van der Waals surface area contributed by atoms with Crippen LogP contribution in [0.25, 0.3) is 0 Å². The van der Waals surface area contributed by atoms with Gasteiger partial charge in [0.2, 0.25) is 0 Å². The first-order valence-corrected chi connectivity index (χ1v) is 5.00. The van der Waals surface area contributed by atoms with E-state index in [1.807, 2.05) is 0 Å². The largest absolute Gasteiger partial charge is 0.384 e. The predicted molar refractivity (Wildman–Crippen MR) is 53.4 cm³/mol. The Labute approximate surface area is 76.7 Å². The zero-order chi connectivity index (χ0) is 9.23. The maximum atomic E-state index is 5.07. The average Bonchev–Trinajstić information content (AvgIpc) is 2.05. The number of unbranched alkanes of at least 4 members (excludes halogenated alkanes) is 1. The molecule has 0 amide bonds. The van der Waals surface area contributed by atoms with Gasteiger partial charge in [-0.1, -0.05) is 20.3 Å². The van der Waals surface area contributed by atoms with Crippen molar-refractivity contribution < 1.29 is 4.74 Å². The third-order valence-electron chi connectivity index (χ3n) is 2.00. The summed E-state index contributed by atoms with van der Waals surface area (Å²) < 4.78 is 5.07. The summed E-state index contributed by atoms with van der Waals surface area (Å²) in [6.07, 6.45) is 3.90. The van der Waals surface area contributed by atoms with Gasteiger partial charge in [-0.25, -0.2) is 0 Å². The molecule has 0 aliphatic heterocycles. The first-order chi connectivity index (χ1) is 5.81. The molecule has 1 N–H and O–H groups in total. The van der Waals surface area contributed by atoms with Crippen LogP contribution in [0, 0.1) is 5.92 Å². The van der Waals surface area contributed by atoms with Crippen LogP contribution in [0.5, 0.6) is 0 Å². The Morgan fingerprint density at radius 1 is 1.33 bits per heavy atom. The molecule has 0 fully saturated rings. The van der Waals surface area contributed by atoms with Crippen molar-refractivity contribution in [3.63, 3.8) is 0 Å². The fraction of sp³-hybridized carbons (Fsp3) is 1.00. The third-order valence-corrected chi connectivity index (χ3v) is 2.00. The van der Waals surface area contributed by atoms with E-state index >= 15 is 0 Å². The highest BCUT2D eigenvalue weighted by Gasteiger charge is 1.99. The molecule has 2 nitrogen and oxygen atoms in total. The van der Waals surface area contributed by atoms with Gasteiger partial charge in [-0.3, -0.25) is 0 Å². The van der Waals surface area contributed by atoms with Crippen LogP contribution in [-0.2, 0) is 4.74 Å². The van der Waals surface area contributed by atoms with Crippen molar-refractivity contribution in [2.24, 2.45) is 5.92 Å². The van der Waals surface area contributed by atoms with Crippen LogP contribution in [0.2, 0.25) is 0 Å². The zero-order valence-electron chi connectivity index (χ0n) is 8.73. The molecule has 0 aromatic carbocycles. The number of hydrogen-bond acceptors (Lipinski definition) is 2. The normalized spacial score (nSPS) is 13.2. The summed E-state index contributed by atoms with van der Waals surface area (Å²) >= 11 is 0. The van der Waals surface area contributed by atoms with Crippen molar-refractivity contribution in [2.45, 2.75) is 33.1 Å². The minimum absolute atomic E-state index is 0.719. The number of rotatable bonds is 8. The highest BCUT2D eigenvalue weighted by atomic mass is 16.5. The average molecular weight is 173 g/mol. The summed E-state index contributed by atoms with van der Waals surface area (Å²) in [5.41, 5.74) is 0. The van der Waals surface area contributed by atoms with E-state index in [1.165, 1.54) is 19.3 Å². The van der Waals surface area contributed by atoms with Gasteiger partial charge in [0.05, 0.1) is 0 Å². The second-order valence-electron chi connectivity index (χ2n) is 3.41. The van der Waals surface area contributed by atoms with E-state index in [4.69, 9.17) is 4.74 Å². The lowest BCUT2D eigenvalue weighted by Gasteiger charge is -2.09. The lowest BCUT2D eigenvalue weighted by Crippen LogP contribution is -2.14. The molecule has 0 heterocycles. The van der Waals surface area contributed by atoms with Crippen LogP contribution in [0.3, 0.4) is 0 Å². The standard InChI is InChI=1S/C10H23NO/c1-4-11-8-6-5-7-10(2)9-12-3/h10-11H,4-9H2,1-3H3. The molecule has 1 unspecified atom stereocenters. The Morgan fingerprint density at radius 3 is 2.67 bits per heavy atom. The Morgan fingerprint density at radius 2 is 2.08 bits per heavy atom. The predicted octanol–water partition coefficient (Wildman–Crippen LogP) is 2.05. The molecule has 0 radical (unpaired) electrons. The van der Waals surface area contributed by atoms with Crippen molar-refractivity contribution in [1.82, 2.24) is 5.32 Å². The number of nitrogens with one attached hydrogen (secondary N) is 1. The van der Waals surface area contributed by atoms with Gasteiger partial charge in [0, 0.05) is 13.7 Å². The van der Waals surface area contributed by atoms with E-state index in [9.17, 15) is 0 Å². The molecule has 0 saturated heterocycles. The maximum Gasteiger partial charge on any atom is 0.0487 e. The Kier molecular flexibility index (Phi) is 8.95. The van der Waals surface area contributed by atoms with E-state index in [0.29, 0.717) is 0 Å². The van der Waals surface area contributed by atoms with Gasteiger partial charge in [0.1, 0.15) is 0 Å². The van der Waals surface area contributed by atoms with E-state index in [0.717, 1.165) is 25.6 Å². The van der Waals surface area contributed by atoms with Gasteiger partial charge < -0.3 is 10.1 Å². The zero-order valence-corrected chi connectivity index (χ0v) is 8.73. The van der Waals surface area contributed by atoms with Gasteiger partial charge >= 0.3 is 0 Å². The van der Waals surface area contributed by atoms with Crippen LogP contribution in [0.1, 0.15) is 33.1 Å². The molecule has 0 bridgehead atoms.